The molecule has 32 heavy (non-hydrogen) atoms. The Kier molecular flexibility index (Phi) is 6.95. The van der Waals surface area contributed by atoms with E-state index >= 15 is 0 Å². The molecule has 2 N–H and O–H groups in total. The maximum absolute atomic E-state index is 13.4. The van der Waals surface area contributed by atoms with E-state index in [1.807, 2.05) is 25.9 Å². The fourth-order valence-corrected chi connectivity index (χ4v) is 4.13. The van der Waals surface area contributed by atoms with E-state index in [4.69, 9.17) is 0 Å². The van der Waals surface area contributed by atoms with Crippen molar-refractivity contribution >= 4 is 17.7 Å². The van der Waals surface area contributed by atoms with E-state index in [0.29, 0.717) is 24.4 Å². The topological polar surface area (TPSA) is 70.1 Å². The SMILES string of the molecule is Cc1cnc(NC2(C(=O)N[C@H](C)c3cccc(C(F)(F)F)c3)CCCCC2)nc1N(C)C. The number of benzene rings is 1. The predicted molar refractivity (Wildman–Crippen MR) is 119 cm³/mol. The number of nitrogens with one attached hydrogen (secondary N) is 2. The fraction of sp³-hybridized carbons (Fsp3) is 0.522. The van der Waals surface area contributed by atoms with Crippen molar-refractivity contribution in [2.24, 2.45) is 0 Å². The van der Waals surface area contributed by atoms with E-state index in [1.165, 1.54) is 6.07 Å². The van der Waals surface area contributed by atoms with Gasteiger partial charge in [-0.25, -0.2) is 4.98 Å². The van der Waals surface area contributed by atoms with Gasteiger partial charge in [0.25, 0.3) is 0 Å². The molecule has 0 unspecified atom stereocenters. The van der Waals surface area contributed by atoms with Crippen LogP contribution in [0.2, 0.25) is 0 Å². The summed E-state index contributed by atoms with van der Waals surface area (Å²) in [6.07, 6.45) is 1.24. The quantitative estimate of drug-likeness (QED) is 0.659. The minimum absolute atomic E-state index is 0.252. The van der Waals surface area contributed by atoms with Gasteiger partial charge in [0.15, 0.2) is 0 Å². The number of nitrogens with zero attached hydrogens (tertiary/aromatic N) is 3. The molecule has 3 rings (SSSR count). The standard InChI is InChI=1S/C23H30F3N5O/c1-15-14-27-21(29-19(15)31(3)4)30-22(11-6-5-7-12-22)20(32)28-16(2)17-9-8-10-18(13-17)23(24,25)26/h8-10,13-14,16H,5-7,11-12H2,1-4H3,(H,28,32)(H,27,29,30)/t16-/m1/s1. The summed E-state index contributed by atoms with van der Waals surface area (Å²) >= 11 is 0. The van der Waals surface area contributed by atoms with Crippen molar-refractivity contribution in [3.8, 4) is 0 Å². The van der Waals surface area contributed by atoms with Gasteiger partial charge < -0.3 is 15.5 Å². The summed E-state index contributed by atoms with van der Waals surface area (Å²) in [5.41, 5.74) is -0.320. The summed E-state index contributed by atoms with van der Waals surface area (Å²) in [5, 5.41) is 6.19. The Labute approximate surface area is 186 Å². The third-order valence-corrected chi connectivity index (χ3v) is 5.92. The molecule has 9 heteroatoms. The zero-order chi connectivity index (χ0) is 23.5. The minimum Gasteiger partial charge on any atom is -0.362 e. The van der Waals surface area contributed by atoms with Gasteiger partial charge in [0, 0.05) is 25.9 Å². The Morgan fingerprint density at radius 2 is 1.88 bits per heavy atom. The lowest BCUT2D eigenvalue weighted by Gasteiger charge is -2.37. The third-order valence-electron chi connectivity index (χ3n) is 5.92. The molecular formula is C23H30F3N5O. The van der Waals surface area contributed by atoms with Gasteiger partial charge in [0.1, 0.15) is 11.4 Å². The lowest BCUT2D eigenvalue weighted by Crippen LogP contribution is -2.54. The maximum Gasteiger partial charge on any atom is 0.416 e. The molecule has 0 saturated heterocycles. The number of carbonyl (C=O) groups excluding carboxylic acids is 1. The predicted octanol–water partition coefficient (Wildman–Crippen LogP) is 4.86. The molecule has 1 heterocycles. The molecule has 2 aromatic rings. The van der Waals surface area contributed by atoms with Crippen LogP contribution in [0.15, 0.2) is 30.5 Å². The number of rotatable bonds is 6. The Bertz CT molecular complexity index is 955. The number of alkyl halides is 3. The zero-order valence-electron chi connectivity index (χ0n) is 18.9. The van der Waals surface area contributed by atoms with Crippen molar-refractivity contribution in [2.75, 3.05) is 24.3 Å². The van der Waals surface area contributed by atoms with Crippen molar-refractivity contribution in [3.05, 3.63) is 47.2 Å². The molecule has 174 valence electrons. The van der Waals surface area contributed by atoms with E-state index in [1.54, 1.807) is 19.2 Å². The monoisotopic (exact) mass is 449 g/mol. The van der Waals surface area contributed by atoms with Crippen molar-refractivity contribution in [1.29, 1.82) is 0 Å². The molecule has 1 saturated carbocycles. The lowest BCUT2D eigenvalue weighted by molar-refractivity contribution is -0.137. The van der Waals surface area contributed by atoms with Gasteiger partial charge in [0.2, 0.25) is 11.9 Å². The van der Waals surface area contributed by atoms with Crippen molar-refractivity contribution in [3.63, 3.8) is 0 Å². The van der Waals surface area contributed by atoms with Crippen molar-refractivity contribution < 1.29 is 18.0 Å². The van der Waals surface area contributed by atoms with E-state index in [2.05, 4.69) is 20.6 Å². The highest BCUT2D eigenvalue weighted by Crippen LogP contribution is 2.34. The van der Waals surface area contributed by atoms with Crippen LogP contribution in [0.5, 0.6) is 0 Å². The summed E-state index contributed by atoms with van der Waals surface area (Å²) in [6.45, 7) is 3.61. The van der Waals surface area contributed by atoms with E-state index in [-0.39, 0.29) is 5.91 Å². The Hall–Kier alpha value is -2.84. The molecule has 1 aromatic carbocycles. The highest BCUT2D eigenvalue weighted by Gasteiger charge is 2.41. The van der Waals surface area contributed by atoms with Gasteiger partial charge in [-0.2, -0.15) is 18.2 Å². The van der Waals surface area contributed by atoms with Gasteiger partial charge in [-0.05, 0) is 44.4 Å². The Morgan fingerprint density at radius 3 is 2.50 bits per heavy atom. The molecule has 0 aliphatic heterocycles. The normalized spacial score (nSPS) is 16.8. The number of hydrogen-bond donors (Lipinski definition) is 2. The first-order chi connectivity index (χ1) is 15.0. The lowest BCUT2D eigenvalue weighted by atomic mass is 9.80. The van der Waals surface area contributed by atoms with Crippen LogP contribution in [-0.2, 0) is 11.0 Å². The van der Waals surface area contributed by atoms with Crippen LogP contribution in [0.4, 0.5) is 24.9 Å². The fourth-order valence-electron chi connectivity index (χ4n) is 4.13. The molecule has 6 nitrogen and oxygen atoms in total. The highest BCUT2D eigenvalue weighted by atomic mass is 19.4. The molecule has 1 fully saturated rings. The number of anilines is 2. The molecule has 0 bridgehead atoms. The maximum atomic E-state index is 13.4. The summed E-state index contributed by atoms with van der Waals surface area (Å²) in [7, 11) is 3.78. The first-order valence-corrected chi connectivity index (χ1v) is 10.8. The molecule has 0 spiro atoms. The molecule has 1 aliphatic carbocycles. The smallest absolute Gasteiger partial charge is 0.362 e. The van der Waals surface area contributed by atoms with Crippen molar-refractivity contribution in [1.82, 2.24) is 15.3 Å². The van der Waals surface area contributed by atoms with E-state index < -0.39 is 23.3 Å². The molecular weight excluding hydrogens is 419 g/mol. The number of aryl methyl sites for hydroxylation is 1. The Balaban J connectivity index is 1.83. The summed E-state index contributed by atoms with van der Waals surface area (Å²) in [6, 6.07) is 4.48. The molecule has 0 radical (unpaired) electrons. The van der Waals surface area contributed by atoms with Crippen LogP contribution in [-0.4, -0.2) is 35.5 Å². The largest absolute Gasteiger partial charge is 0.416 e. The second-order valence-corrected chi connectivity index (χ2v) is 8.68. The zero-order valence-corrected chi connectivity index (χ0v) is 18.9. The third kappa shape index (κ3) is 5.31. The van der Waals surface area contributed by atoms with Crippen LogP contribution in [0.1, 0.15) is 61.8 Å². The summed E-state index contributed by atoms with van der Waals surface area (Å²) in [4.78, 5) is 24.2. The highest BCUT2D eigenvalue weighted by molar-refractivity contribution is 5.89. The van der Waals surface area contributed by atoms with Crippen LogP contribution in [0.25, 0.3) is 0 Å². The van der Waals surface area contributed by atoms with Crippen molar-refractivity contribution in [2.45, 2.75) is 63.7 Å². The van der Waals surface area contributed by atoms with Crippen LogP contribution in [0, 0.1) is 6.92 Å². The Morgan fingerprint density at radius 1 is 1.19 bits per heavy atom. The van der Waals surface area contributed by atoms with Crippen LogP contribution < -0.4 is 15.5 Å². The summed E-state index contributed by atoms with van der Waals surface area (Å²) < 4.78 is 39.3. The van der Waals surface area contributed by atoms with Gasteiger partial charge in [0.05, 0.1) is 11.6 Å². The minimum atomic E-state index is -4.43. The summed E-state index contributed by atoms with van der Waals surface area (Å²) in [5.74, 6) is 0.868. The first-order valence-electron chi connectivity index (χ1n) is 10.8. The van der Waals surface area contributed by atoms with Crippen LogP contribution >= 0.6 is 0 Å². The number of carbonyl (C=O) groups is 1. The number of amides is 1. The number of aromatic nitrogens is 2. The average molecular weight is 450 g/mol. The van der Waals surface area contributed by atoms with Gasteiger partial charge in [-0.1, -0.05) is 31.4 Å². The van der Waals surface area contributed by atoms with Gasteiger partial charge in [-0.3, -0.25) is 4.79 Å². The van der Waals surface area contributed by atoms with E-state index in [9.17, 15) is 18.0 Å². The van der Waals surface area contributed by atoms with E-state index in [0.717, 1.165) is 42.8 Å². The second-order valence-electron chi connectivity index (χ2n) is 8.68. The van der Waals surface area contributed by atoms with Gasteiger partial charge >= 0.3 is 6.18 Å². The van der Waals surface area contributed by atoms with Crippen LogP contribution in [0.3, 0.4) is 0 Å². The number of hydrogen-bond acceptors (Lipinski definition) is 5. The molecule has 1 aromatic heterocycles. The molecule has 1 aliphatic rings. The molecule has 1 amide bonds. The first kappa shape index (κ1) is 23.8. The number of halogens is 3. The van der Waals surface area contributed by atoms with Gasteiger partial charge in [-0.15, -0.1) is 0 Å². The second kappa shape index (κ2) is 9.34. The average Bonchev–Trinajstić information content (AvgIpc) is 2.75. The molecule has 1 atom stereocenters.